The minimum absolute atomic E-state index is 0.0440. The van der Waals surface area contributed by atoms with Gasteiger partial charge in [-0.05, 0) is 19.8 Å². The molecule has 0 aromatic carbocycles. The van der Waals surface area contributed by atoms with Crippen molar-refractivity contribution < 1.29 is 14.4 Å². The Balaban J connectivity index is 0. The largest absolute Gasteiger partial charge is 0.300 e. The summed E-state index contributed by atoms with van der Waals surface area (Å²) < 4.78 is 0. The summed E-state index contributed by atoms with van der Waals surface area (Å²) in [5.74, 6) is -0.318. The van der Waals surface area contributed by atoms with E-state index in [9.17, 15) is 14.4 Å². The zero-order chi connectivity index (χ0) is 12.4. The maximum Gasteiger partial charge on any atom is 0.201 e. The average molecular weight is 214 g/mol. The summed E-state index contributed by atoms with van der Waals surface area (Å²) in [5.41, 5.74) is 0. The highest BCUT2D eigenvalue weighted by atomic mass is 16.2. The van der Waals surface area contributed by atoms with Crippen molar-refractivity contribution in [2.24, 2.45) is 5.92 Å². The van der Waals surface area contributed by atoms with Crippen LogP contribution in [0.1, 0.15) is 53.9 Å². The van der Waals surface area contributed by atoms with Crippen molar-refractivity contribution in [2.45, 2.75) is 53.9 Å². The van der Waals surface area contributed by atoms with Gasteiger partial charge in [-0.3, -0.25) is 9.59 Å². The normalized spacial score (nSPS) is 9.20. The smallest absolute Gasteiger partial charge is 0.201 e. The van der Waals surface area contributed by atoms with E-state index in [1.165, 1.54) is 6.92 Å². The molecule has 0 amide bonds. The van der Waals surface area contributed by atoms with Gasteiger partial charge in [0, 0.05) is 19.3 Å². The molecular formula is C12H22O3. The lowest BCUT2D eigenvalue weighted by Crippen LogP contribution is -2.19. The molecule has 0 N–H and O–H groups in total. The van der Waals surface area contributed by atoms with Gasteiger partial charge in [-0.25, -0.2) is 0 Å². The molecule has 0 heterocycles. The topological polar surface area (TPSA) is 51.2 Å². The zero-order valence-corrected chi connectivity index (χ0v) is 10.4. The summed E-state index contributed by atoms with van der Waals surface area (Å²) in [6.07, 6.45) is 2.21. The molecule has 0 aromatic heterocycles. The van der Waals surface area contributed by atoms with Crippen molar-refractivity contribution >= 4 is 17.3 Å². The van der Waals surface area contributed by atoms with Crippen LogP contribution < -0.4 is 0 Å². The maximum absolute atomic E-state index is 11.0. The first-order valence-corrected chi connectivity index (χ1v) is 5.44. The van der Waals surface area contributed by atoms with E-state index in [1.54, 1.807) is 6.92 Å². The lowest BCUT2D eigenvalue weighted by molar-refractivity contribution is -0.137. The standard InChI is InChI=1S/C8H14O2.C4H8O/c1-4-7(5-2)8(10)6(3)9;1-3-4(2)5/h7H,4-5H2,1-3H3;3H2,1-2H3. The zero-order valence-electron chi connectivity index (χ0n) is 10.4. The van der Waals surface area contributed by atoms with E-state index in [1.807, 2.05) is 20.8 Å². The summed E-state index contributed by atoms with van der Waals surface area (Å²) >= 11 is 0. The van der Waals surface area contributed by atoms with Crippen LogP contribution in [0.15, 0.2) is 0 Å². The highest BCUT2D eigenvalue weighted by Crippen LogP contribution is 2.08. The summed E-state index contributed by atoms with van der Waals surface area (Å²) in [7, 11) is 0. The van der Waals surface area contributed by atoms with E-state index in [0.29, 0.717) is 6.42 Å². The fourth-order valence-electron chi connectivity index (χ4n) is 0.947. The fraction of sp³-hybridized carbons (Fsp3) is 0.750. The molecule has 0 spiro atoms. The molecule has 0 saturated heterocycles. The minimum atomic E-state index is -0.311. The van der Waals surface area contributed by atoms with E-state index in [-0.39, 0.29) is 23.3 Å². The third-order valence-corrected chi connectivity index (χ3v) is 2.20. The van der Waals surface area contributed by atoms with Crippen LogP contribution in [0.5, 0.6) is 0 Å². The van der Waals surface area contributed by atoms with Gasteiger partial charge in [-0.1, -0.05) is 20.8 Å². The Morgan fingerprint density at radius 2 is 1.27 bits per heavy atom. The van der Waals surface area contributed by atoms with Crippen molar-refractivity contribution in [3.05, 3.63) is 0 Å². The van der Waals surface area contributed by atoms with Crippen LogP contribution in [0, 0.1) is 5.92 Å². The van der Waals surface area contributed by atoms with E-state index < -0.39 is 0 Å². The Hall–Kier alpha value is -0.990. The fourth-order valence-corrected chi connectivity index (χ4v) is 0.947. The van der Waals surface area contributed by atoms with Gasteiger partial charge in [0.2, 0.25) is 5.78 Å². The molecule has 0 aliphatic rings. The molecule has 3 nitrogen and oxygen atoms in total. The third-order valence-electron chi connectivity index (χ3n) is 2.20. The van der Waals surface area contributed by atoms with Gasteiger partial charge in [0.25, 0.3) is 0 Å². The van der Waals surface area contributed by atoms with Gasteiger partial charge in [0.05, 0.1) is 0 Å². The second-order valence-electron chi connectivity index (χ2n) is 3.49. The van der Waals surface area contributed by atoms with Crippen molar-refractivity contribution in [1.29, 1.82) is 0 Å². The molecule has 15 heavy (non-hydrogen) atoms. The van der Waals surface area contributed by atoms with Crippen molar-refractivity contribution in [3.8, 4) is 0 Å². The van der Waals surface area contributed by atoms with Crippen LogP contribution >= 0.6 is 0 Å². The van der Waals surface area contributed by atoms with Crippen LogP contribution in [-0.4, -0.2) is 17.3 Å². The van der Waals surface area contributed by atoms with Gasteiger partial charge < -0.3 is 4.79 Å². The van der Waals surface area contributed by atoms with Gasteiger partial charge in [0.15, 0.2) is 5.78 Å². The first kappa shape index (κ1) is 16.4. The van der Waals surface area contributed by atoms with Crippen LogP contribution in [0.2, 0.25) is 0 Å². The van der Waals surface area contributed by atoms with E-state index >= 15 is 0 Å². The lowest BCUT2D eigenvalue weighted by atomic mass is 9.96. The first-order valence-electron chi connectivity index (χ1n) is 5.44. The van der Waals surface area contributed by atoms with Crippen LogP contribution in [0.25, 0.3) is 0 Å². The molecule has 88 valence electrons. The number of rotatable bonds is 5. The minimum Gasteiger partial charge on any atom is -0.300 e. The Bertz CT molecular complexity index is 215. The summed E-state index contributed by atoms with van der Waals surface area (Å²) in [6, 6.07) is 0. The van der Waals surface area contributed by atoms with Gasteiger partial charge >= 0.3 is 0 Å². The summed E-state index contributed by atoms with van der Waals surface area (Å²) in [5, 5.41) is 0. The number of hydrogen-bond donors (Lipinski definition) is 0. The number of carbonyl (C=O) groups excluding carboxylic acids is 3. The highest BCUT2D eigenvalue weighted by molar-refractivity contribution is 6.36. The number of hydrogen-bond acceptors (Lipinski definition) is 3. The second-order valence-corrected chi connectivity index (χ2v) is 3.49. The molecule has 0 bridgehead atoms. The monoisotopic (exact) mass is 214 g/mol. The molecule has 0 aromatic rings. The maximum atomic E-state index is 11.0. The SMILES string of the molecule is CCC(C)=O.CCC(CC)C(=O)C(C)=O. The molecular weight excluding hydrogens is 192 g/mol. The predicted octanol–water partition coefficient (Wildman–Crippen LogP) is 2.57. The van der Waals surface area contributed by atoms with Crippen molar-refractivity contribution in [1.82, 2.24) is 0 Å². The number of carbonyl (C=O) groups is 3. The Morgan fingerprint density at radius 1 is 0.933 bits per heavy atom. The number of Topliss-reactive ketones (excluding diaryl/α,β-unsaturated/α-hetero) is 3. The van der Waals surface area contributed by atoms with Gasteiger partial charge in [-0.15, -0.1) is 0 Å². The van der Waals surface area contributed by atoms with Crippen molar-refractivity contribution in [3.63, 3.8) is 0 Å². The Labute approximate surface area is 92.2 Å². The summed E-state index contributed by atoms with van der Waals surface area (Å²) in [4.78, 5) is 31.3. The predicted molar refractivity (Wildman–Crippen MR) is 60.7 cm³/mol. The quantitative estimate of drug-likeness (QED) is 0.661. The average Bonchev–Trinajstić information content (AvgIpc) is 2.20. The van der Waals surface area contributed by atoms with Gasteiger partial charge in [0.1, 0.15) is 5.78 Å². The molecule has 0 fully saturated rings. The van der Waals surface area contributed by atoms with E-state index in [0.717, 1.165) is 12.8 Å². The van der Waals surface area contributed by atoms with Crippen molar-refractivity contribution in [2.75, 3.05) is 0 Å². The molecule has 0 atom stereocenters. The lowest BCUT2D eigenvalue weighted by Gasteiger charge is -2.06. The second kappa shape index (κ2) is 9.56. The molecule has 0 rings (SSSR count). The van der Waals surface area contributed by atoms with Gasteiger partial charge in [-0.2, -0.15) is 0 Å². The molecule has 0 radical (unpaired) electrons. The first-order chi connectivity index (χ1) is 6.90. The highest BCUT2D eigenvalue weighted by Gasteiger charge is 2.17. The molecule has 0 saturated carbocycles. The molecule has 3 heteroatoms. The summed E-state index contributed by atoms with van der Waals surface area (Å²) in [6.45, 7) is 8.62. The van der Waals surface area contributed by atoms with E-state index in [4.69, 9.17) is 0 Å². The molecule has 0 aliphatic carbocycles. The van der Waals surface area contributed by atoms with Crippen LogP contribution in [0.3, 0.4) is 0 Å². The van der Waals surface area contributed by atoms with E-state index in [2.05, 4.69) is 0 Å². The Morgan fingerprint density at radius 3 is 1.33 bits per heavy atom. The van der Waals surface area contributed by atoms with Crippen LogP contribution in [0.4, 0.5) is 0 Å². The number of ketones is 3. The molecule has 0 unspecified atom stereocenters. The molecule has 0 aliphatic heterocycles. The Kier molecular flexibility index (Phi) is 10.5. The van der Waals surface area contributed by atoms with Crippen LogP contribution in [-0.2, 0) is 14.4 Å². The third kappa shape index (κ3) is 9.32.